The van der Waals surface area contributed by atoms with Gasteiger partial charge in [-0.25, -0.2) is 0 Å². The van der Waals surface area contributed by atoms with E-state index >= 15 is 0 Å². The molecule has 0 spiro atoms. The number of nitrogens with one attached hydrogen (secondary N) is 1. The lowest BCUT2D eigenvalue weighted by molar-refractivity contribution is -0.146. The highest BCUT2D eigenvalue weighted by Gasteiger charge is 2.35. The second-order valence-corrected chi connectivity index (χ2v) is 7.24. The molecule has 6 heteroatoms. The molecule has 0 aliphatic carbocycles. The summed E-state index contributed by atoms with van der Waals surface area (Å²) < 4.78 is 0. The molecule has 0 radical (unpaired) electrons. The van der Waals surface area contributed by atoms with Crippen molar-refractivity contribution in [2.75, 3.05) is 52.9 Å². The average molecular weight is 322 g/mol. The Morgan fingerprint density at radius 2 is 1.78 bits per heavy atom. The summed E-state index contributed by atoms with van der Waals surface area (Å²) >= 11 is 0. The first-order valence-electron chi connectivity index (χ1n) is 9.12. The number of carbonyl (C=O) groups is 2. The first-order chi connectivity index (χ1) is 11.1. The van der Waals surface area contributed by atoms with Crippen LogP contribution in [0.5, 0.6) is 0 Å². The number of hydrogen-bond donors (Lipinski definition) is 1. The predicted octanol–water partition coefficient (Wildman–Crippen LogP) is 0.141. The minimum atomic E-state index is -0.0919. The van der Waals surface area contributed by atoms with Gasteiger partial charge in [0.25, 0.3) is 0 Å². The second-order valence-electron chi connectivity index (χ2n) is 7.24. The fourth-order valence-corrected chi connectivity index (χ4v) is 4.04. The quantitative estimate of drug-likeness (QED) is 0.803. The Bertz CT molecular complexity index is 428. The van der Waals surface area contributed by atoms with Crippen molar-refractivity contribution in [2.24, 2.45) is 5.92 Å². The molecule has 0 aromatic rings. The number of rotatable bonds is 3. The summed E-state index contributed by atoms with van der Waals surface area (Å²) in [7, 11) is 2.09. The van der Waals surface area contributed by atoms with Gasteiger partial charge < -0.3 is 20.0 Å². The van der Waals surface area contributed by atoms with Crippen LogP contribution in [0, 0.1) is 5.92 Å². The van der Waals surface area contributed by atoms with Gasteiger partial charge in [0, 0.05) is 51.1 Å². The Morgan fingerprint density at radius 3 is 2.48 bits per heavy atom. The molecule has 3 rings (SSSR count). The lowest BCUT2D eigenvalue weighted by Crippen LogP contribution is -2.52. The molecule has 0 saturated carbocycles. The van der Waals surface area contributed by atoms with E-state index in [4.69, 9.17) is 0 Å². The third-order valence-corrected chi connectivity index (χ3v) is 5.61. The zero-order chi connectivity index (χ0) is 16.2. The number of likely N-dealkylation sites (N-methyl/N-ethyl adjacent to an activating group) is 1. The van der Waals surface area contributed by atoms with Gasteiger partial charge in [0.15, 0.2) is 0 Å². The zero-order valence-electron chi connectivity index (χ0n) is 14.3. The smallest absolute Gasteiger partial charge is 0.226 e. The first kappa shape index (κ1) is 16.7. The number of piperidine rings is 2. The Kier molecular flexibility index (Phi) is 5.54. The SMILES string of the molecule is CN1CCN(C(=O)CC2CCCN(C3CCNCC3)C2=O)CC1. The van der Waals surface area contributed by atoms with Gasteiger partial charge in [-0.3, -0.25) is 9.59 Å². The van der Waals surface area contributed by atoms with Crippen molar-refractivity contribution in [1.29, 1.82) is 0 Å². The summed E-state index contributed by atoms with van der Waals surface area (Å²) in [4.78, 5) is 31.6. The zero-order valence-corrected chi connectivity index (χ0v) is 14.3. The van der Waals surface area contributed by atoms with E-state index in [2.05, 4.69) is 22.2 Å². The lowest BCUT2D eigenvalue weighted by Gasteiger charge is -2.40. The van der Waals surface area contributed by atoms with Crippen molar-refractivity contribution < 1.29 is 9.59 Å². The van der Waals surface area contributed by atoms with Crippen LogP contribution in [-0.4, -0.2) is 85.4 Å². The number of amides is 2. The fraction of sp³-hybridized carbons (Fsp3) is 0.882. The summed E-state index contributed by atoms with van der Waals surface area (Å²) in [5.74, 6) is 0.306. The normalized spacial score (nSPS) is 28.2. The van der Waals surface area contributed by atoms with E-state index in [0.29, 0.717) is 12.5 Å². The van der Waals surface area contributed by atoms with Crippen LogP contribution in [0.1, 0.15) is 32.1 Å². The molecular weight excluding hydrogens is 292 g/mol. The van der Waals surface area contributed by atoms with Crippen LogP contribution in [0.15, 0.2) is 0 Å². The largest absolute Gasteiger partial charge is 0.340 e. The lowest BCUT2D eigenvalue weighted by atomic mass is 9.90. The number of likely N-dealkylation sites (tertiary alicyclic amines) is 1. The van der Waals surface area contributed by atoms with Crippen LogP contribution in [-0.2, 0) is 9.59 Å². The van der Waals surface area contributed by atoms with Gasteiger partial charge in [0.2, 0.25) is 11.8 Å². The second kappa shape index (κ2) is 7.62. The van der Waals surface area contributed by atoms with Crippen molar-refractivity contribution in [2.45, 2.75) is 38.1 Å². The van der Waals surface area contributed by atoms with E-state index < -0.39 is 0 Å². The van der Waals surface area contributed by atoms with Gasteiger partial charge in [0.05, 0.1) is 0 Å². The summed E-state index contributed by atoms with van der Waals surface area (Å²) in [6.45, 7) is 6.35. The van der Waals surface area contributed by atoms with Crippen LogP contribution in [0.2, 0.25) is 0 Å². The molecular formula is C17H30N4O2. The predicted molar refractivity (Wildman–Crippen MR) is 89.0 cm³/mol. The maximum Gasteiger partial charge on any atom is 0.226 e. The van der Waals surface area contributed by atoms with E-state index in [9.17, 15) is 9.59 Å². The van der Waals surface area contributed by atoms with E-state index in [0.717, 1.165) is 71.5 Å². The summed E-state index contributed by atoms with van der Waals surface area (Å²) in [5, 5.41) is 3.36. The van der Waals surface area contributed by atoms with Gasteiger partial charge in [-0.05, 0) is 45.8 Å². The summed E-state index contributed by atoms with van der Waals surface area (Å²) in [5.41, 5.74) is 0. The van der Waals surface area contributed by atoms with Gasteiger partial charge in [-0.15, -0.1) is 0 Å². The van der Waals surface area contributed by atoms with Crippen molar-refractivity contribution in [3.63, 3.8) is 0 Å². The Hall–Kier alpha value is -1.14. The maximum atomic E-state index is 12.8. The van der Waals surface area contributed by atoms with Crippen molar-refractivity contribution >= 4 is 11.8 Å². The monoisotopic (exact) mass is 322 g/mol. The van der Waals surface area contributed by atoms with Gasteiger partial charge in [-0.2, -0.15) is 0 Å². The highest BCUT2D eigenvalue weighted by atomic mass is 16.2. The molecule has 3 saturated heterocycles. The van der Waals surface area contributed by atoms with Crippen LogP contribution in [0.3, 0.4) is 0 Å². The molecule has 0 aromatic carbocycles. The van der Waals surface area contributed by atoms with Gasteiger partial charge in [-0.1, -0.05) is 0 Å². The van der Waals surface area contributed by atoms with Crippen molar-refractivity contribution in [1.82, 2.24) is 20.0 Å². The molecule has 1 unspecified atom stereocenters. The highest BCUT2D eigenvalue weighted by molar-refractivity contribution is 5.86. The van der Waals surface area contributed by atoms with Crippen LogP contribution < -0.4 is 5.32 Å². The molecule has 130 valence electrons. The average Bonchev–Trinajstić information content (AvgIpc) is 2.58. The standard InChI is InChI=1S/C17H30N4O2/c1-19-9-11-20(12-10-19)16(22)13-14-3-2-8-21(17(14)23)15-4-6-18-7-5-15/h14-15,18H,2-13H2,1H3. The molecule has 0 aromatic heterocycles. The third-order valence-electron chi connectivity index (χ3n) is 5.61. The van der Waals surface area contributed by atoms with E-state index in [-0.39, 0.29) is 17.7 Å². The molecule has 3 fully saturated rings. The van der Waals surface area contributed by atoms with Crippen LogP contribution in [0.25, 0.3) is 0 Å². The molecule has 1 N–H and O–H groups in total. The molecule has 3 aliphatic rings. The van der Waals surface area contributed by atoms with Crippen LogP contribution >= 0.6 is 0 Å². The highest BCUT2D eigenvalue weighted by Crippen LogP contribution is 2.26. The van der Waals surface area contributed by atoms with Crippen molar-refractivity contribution in [3.8, 4) is 0 Å². The first-order valence-corrected chi connectivity index (χ1v) is 9.12. The molecule has 23 heavy (non-hydrogen) atoms. The maximum absolute atomic E-state index is 12.8. The number of nitrogens with zero attached hydrogens (tertiary/aromatic N) is 3. The van der Waals surface area contributed by atoms with Crippen LogP contribution in [0.4, 0.5) is 0 Å². The third kappa shape index (κ3) is 4.04. The van der Waals surface area contributed by atoms with E-state index in [1.54, 1.807) is 0 Å². The molecule has 3 heterocycles. The van der Waals surface area contributed by atoms with E-state index in [1.165, 1.54) is 0 Å². The Labute approximate surface area is 139 Å². The van der Waals surface area contributed by atoms with Crippen molar-refractivity contribution in [3.05, 3.63) is 0 Å². The number of carbonyl (C=O) groups excluding carboxylic acids is 2. The molecule has 0 bridgehead atoms. The minimum absolute atomic E-state index is 0.0919. The molecule has 3 aliphatic heterocycles. The summed E-state index contributed by atoms with van der Waals surface area (Å²) in [6, 6.07) is 0.380. The number of piperazine rings is 1. The van der Waals surface area contributed by atoms with Gasteiger partial charge in [0.1, 0.15) is 0 Å². The van der Waals surface area contributed by atoms with E-state index in [1.807, 2.05) is 4.90 Å². The van der Waals surface area contributed by atoms with Gasteiger partial charge >= 0.3 is 0 Å². The molecule has 2 amide bonds. The Balaban J connectivity index is 1.54. The topological polar surface area (TPSA) is 55.9 Å². The summed E-state index contributed by atoms with van der Waals surface area (Å²) in [6.07, 6.45) is 4.41. The minimum Gasteiger partial charge on any atom is -0.340 e. The number of hydrogen-bond acceptors (Lipinski definition) is 4. The Morgan fingerprint density at radius 1 is 1.09 bits per heavy atom. The molecule has 1 atom stereocenters. The molecule has 6 nitrogen and oxygen atoms in total. The fourth-order valence-electron chi connectivity index (χ4n) is 4.04.